The molecule has 19 heavy (non-hydrogen) atoms. The highest BCUT2D eigenvalue weighted by molar-refractivity contribution is 5.17. The molecule has 0 aliphatic carbocycles. The molecule has 0 bridgehead atoms. The van der Waals surface area contributed by atoms with E-state index in [-0.39, 0.29) is 11.0 Å². The number of hydrogen-bond donors (Lipinski definition) is 1. The zero-order valence-electron chi connectivity index (χ0n) is 12.9. The summed E-state index contributed by atoms with van der Waals surface area (Å²) in [5, 5.41) is 10.7. The number of nitrogens with zero attached hydrogens (tertiary/aromatic N) is 1. The van der Waals surface area contributed by atoms with E-state index in [0.29, 0.717) is 0 Å². The van der Waals surface area contributed by atoms with Crippen molar-refractivity contribution in [2.75, 3.05) is 6.54 Å². The van der Waals surface area contributed by atoms with Gasteiger partial charge in [0.25, 0.3) is 0 Å². The lowest BCUT2D eigenvalue weighted by Crippen LogP contribution is -2.67. The Morgan fingerprint density at radius 2 is 1.63 bits per heavy atom. The average Bonchev–Trinajstić information content (AvgIpc) is 2.33. The fourth-order valence-corrected chi connectivity index (χ4v) is 3.08. The van der Waals surface area contributed by atoms with E-state index in [4.69, 9.17) is 0 Å². The number of benzene rings is 1. The van der Waals surface area contributed by atoms with E-state index in [1.165, 1.54) is 5.56 Å². The van der Waals surface area contributed by atoms with Gasteiger partial charge in [-0.15, -0.1) is 0 Å². The number of hydrogen-bond acceptors (Lipinski definition) is 2. The molecule has 2 heteroatoms. The SMILES string of the molecule is CC1(O)CCN(Cc2ccccc2)C(C)(C)C1(C)C. The van der Waals surface area contributed by atoms with Gasteiger partial charge in [0.1, 0.15) is 0 Å². The van der Waals surface area contributed by atoms with Crippen molar-refractivity contribution in [1.29, 1.82) is 0 Å². The van der Waals surface area contributed by atoms with Crippen LogP contribution in [0.15, 0.2) is 30.3 Å². The molecule has 1 atom stereocenters. The predicted molar refractivity (Wildman–Crippen MR) is 80.0 cm³/mol. The number of rotatable bonds is 2. The van der Waals surface area contributed by atoms with Crippen LogP contribution in [0.25, 0.3) is 0 Å². The van der Waals surface area contributed by atoms with Crippen LogP contribution in [-0.4, -0.2) is 27.7 Å². The molecule has 0 saturated carbocycles. The normalized spacial score (nSPS) is 30.2. The van der Waals surface area contributed by atoms with Crippen molar-refractivity contribution in [3.05, 3.63) is 35.9 Å². The molecule has 1 aliphatic rings. The molecule has 1 heterocycles. The molecular weight excluding hydrogens is 234 g/mol. The van der Waals surface area contributed by atoms with Crippen LogP contribution in [0.4, 0.5) is 0 Å². The third kappa shape index (κ3) is 2.32. The lowest BCUT2D eigenvalue weighted by molar-refractivity contribution is -0.174. The first-order valence-electron chi connectivity index (χ1n) is 7.20. The van der Waals surface area contributed by atoms with Crippen LogP contribution in [0, 0.1) is 5.41 Å². The molecule has 0 aromatic heterocycles. The Balaban J connectivity index is 2.24. The number of aliphatic hydroxyl groups is 1. The minimum Gasteiger partial charge on any atom is -0.389 e. The van der Waals surface area contributed by atoms with Gasteiger partial charge in [0.15, 0.2) is 0 Å². The predicted octanol–water partition coefficient (Wildman–Crippen LogP) is 3.45. The summed E-state index contributed by atoms with van der Waals surface area (Å²) in [5.74, 6) is 0. The summed E-state index contributed by atoms with van der Waals surface area (Å²) < 4.78 is 0. The smallest absolute Gasteiger partial charge is 0.0700 e. The first kappa shape index (κ1) is 14.5. The van der Waals surface area contributed by atoms with E-state index < -0.39 is 5.60 Å². The first-order valence-corrected chi connectivity index (χ1v) is 7.20. The van der Waals surface area contributed by atoms with Crippen molar-refractivity contribution in [1.82, 2.24) is 4.90 Å². The molecule has 1 saturated heterocycles. The molecule has 1 aliphatic heterocycles. The molecule has 0 spiro atoms. The van der Waals surface area contributed by atoms with Crippen molar-refractivity contribution >= 4 is 0 Å². The summed E-state index contributed by atoms with van der Waals surface area (Å²) in [7, 11) is 0. The van der Waals surface area contributed by atoms with Crippen LogP contribution >= 0.6 is 0 Å². The Bertz CT molecular complexity index is 434. The molecule has 0 amide bonds. The highest BCUT2D eigenvalue weighted by Crippen LogP contribution is 2.49. The van der Waals surface area contributed by atoms with Crippen LogP contribution < -0.4 is 0 Å². The molecular formula is C17H27NO. The van der Waals surface area contributed by atoms with E-state index in [1.54, 1.807) is 0 Å². The maximum Gasteiger partial charge on any atom is 0.0700 e. The van der Waals surface area contributed by atoms with Gasteiger partial charge in [-0.1, -0.05) is 44.2 Å². The van der Waals surface area contributed by atoms with Crippen LogP contribution in [0.2, 0.25) is 0 Å². The minimum atomic E-state index is -0.607. The zero-order valence-corrected chi connectivity index (χ0v) is 12.9. The first-order chi connectivity index (χ1) is 8.68. The number of piperidine rings is 1. The van der Waals surface area contributed by atoms with Crippen LogP contribution in [0.3, 0.4) is 0 Å². The topological polar surface area (TPSA) is 23.5 Å². The van der Waals surface area contributed by atoms with Crippen LogP contribution in [0.5, 0.6) is 0 Å². The van der Waals surface area contributed by atoms with Gasteiger partial charge >= 0.3 is 0 Å². The Labute approximate surface area is 117 Å². The molecule has 1 aromatic rings. The second kappa shape index (κ2) is 4.60. The Hall–Kier alpha value is -0.860. The Kier molecular flexibility index (Phi) is 3.53. The Morgan fingerprint density at radius 3 is 2.21 bits per heavy atom. The maximum absolute atomic E-state index is 10.7. The fourth-order valence-electron chi connectivity index (χ4n) is 3.08. The molecule has 0 radical (unpaired) electrons. The molecule has 1 N–H and O–H groups in total. The third-order valence-corrected chi connectivity index (χ3v) is 5.75. The molecule has 1 aromatic carbocycles. The van der Waals surface area contributed by atoms with Crippen molar-refractivity contribution in [2.24, 2.45) is 5.41 Å². The van der Waals surface area contributed by atoms with E-state index >= 15 is 0 Å². The van der Waals surface area contributed by atoms with Gasteiger partial charge in [0, 0.05) is 24.0 Å². The minimum absolute atomic E-state index is 0.0371. The van der Waals surface area contributed by atoms with E-state index in [2.05, 4.69) is 62.9 Å². The maximum atomic E-state index is 10.7. The lowest BCUT2D eigenvalue weighted by atomic mass is 9.59. The standard InChI is InChI=1S/C17H27NO/c1-15(2)16(3,4)18(12-11-17(15,5)19)13-14-9-7-6-8-10-14/h6-10,19H,11-13H2,1-5H3. The van der Waals surface area contributed by atoms with E-state index in [1.807, 2.05) is 6.92 Å². The fraction of sp³-hybridized carbons (Fsp3) is 0.647. The Morgan fingerprint density at radius 1 is 1.05 bits per heavy atom. The summed E-state index contributed by atoms with van der Waals surface area (Å²) in [4.78, 5) is 2.50. The van der Waals surface area contributed by atoms with Gasteiger partial charge in [0.05, 0.1) is 5.60 Å². The largest absolute Gasteiger partial charge is 0.389 e. The monoisotopic (exact) mass is 261 g/mol. The third-order valence-electron chi connectivity index (χ3n) is 5.75. The second-order valence-electron chi connectivity index (χ2n) is 7.12. The van der Waals surface area contributed by atoms with E-state index in [9.17, 15) is 5.11 Å². The van der Waals surface area contributed by atoms with Gasteiger partial charge in [-0.25, -0.2) is 0 Å². The quantitative estimate of drug-likeness (QED) is 0.881. The van der Waals surface area contributed by atoms with Crippen molar-refractivity contribution in [3.63, 3.8) is 0 Å². The average molecular weight is 261 g/mol. The molecule has 2 rings (SSSR count). The summed E-state index contributed by atoms with van der Waals surface area (Å²) in [6, 6.07) is 10.6. The van der Waals surface area contributed by atoms with Gasteiger partial charge in [-0.05, 0) is 32.8 Å². The van der Waals surface area contributed by atoms with Gasteiger partial charge < -0.3 is 5.11 Å². The summed E-state index contributed by atoms with van der Waals surface area (Å²) >= 11 is 0. The van der Waals surface area contributed by atoms with Gasteiger partial charge in [-0.2, -0.15) is 0 Å². The van der Waals surface area contributed by atoms with Crippen molar-refractivity contribution in [2.45, 2.75) is 58.7 Å². The van der Waals surface area contributed by atoms with Crippen LogP contribution in [-0.2, 0) is 6.54 Å². The van der Waals surface area contributed by atoms with Gasteiger partial charge in [0.2, 0.25) is 0 Å². The zero-order chi connectivity index (χ0) is 14.3. The van der Waals surface area contributed by atoms with Crippen LogP contribution in [0.1, 0.15) is 46.6 Å². The summed E-state index contributed by atoms with van der Waals surface area (Å²) in [5.41, 5.74) is 0.550. The summed E-state index contributed by atoms with van der Waals surface area (Å²) in [6.07, 6.45) is 0.830. The molecule has 106 valence electrons. The van der Waals surface area contributed by atoms with Crippen molar-refractivity contribution in [3.8, 4) is 0 Å². The highest BCUT2D eigenvalue weighted by Gasteiger charge is 2.55. The van der Waals surface area contributed by atoms with Crippen molar-refractivity contribution < 1.29 is 5.11 Å². The summed E-state index contributed by atoms with van der Waals surface area (Å²) in [6.45, 7) is 12.8. The highest BCUT2D eigenvalue weighted by atomic mass is 16.3. The second-order valence-corrected chi connectivity index (χ2v) is 7.12. The molecule has 1 fully saturated rings. The van der Waals surface area contributed by atoms with Gasteiger partial charge in [-0.3, -0.25) is 4.90 Å². The molecule has 2 nitrogen and oxygen atoms in total. The lowest BCUT2D eigenvalue weighted by Gasteiger charge is -2.60. The molecule has 1 unspecified atom stereocenters. The van der Waals surface area contributed by atoms with E-state index in [0.717, 1.165) is 19.5 Å². The number of likely N-dealkylation sites (tertiary alicyclic amines) is 1.